The van der Waals surface area contributed by atoms with Gasteiger partial charge in [0.2, 0.25) is 0 Å². The minimum absolute atomic E-state index is 0.478. The summed E-state index contributed by atoms with van der Waals surface area (Å²) in [5, 5.41) is 0. The van der Waals surface area contributed by atoms with E-state index < -0.39 is 0 Å². The maximum absolute atomic E-state index is 2.36. The Bertz CT molecular complexity index is 409. The van der Waals surface area contributed by atoms with Crippen LogP contribution in [0.15, 0.2) is 42.5 Å². The predicted octanol–water partition coefficient (Wildman–Crippen LogP) is 5.14. The van der Waals surface area contributed by atoms with Crippen LogP contribution >= 0.6 is 0 Å². The molecule has 0 radical (unpaired) electrons. The summed E-state index contributed by atoms with van der Waals surface area (Å²) in [4.78, 5) is 0. The van der Waals surface area contributed by atoms with Crippen LogP contribution in [0.5, 0.6) is 0 Å². The normalized spacial score (nSPS) is 15.4. The van der Waals surface area contributed by atoms with Gasteiger partial charge in [-0.1, -0.05) is 70.2 Å². The van der Waals surface area contributed by atoms with Crippen LogP contribution < -0.4 is 0 Å². The summed E-state index contributed by atoms with van der Waals surface area (Å²) < 4.78 is 0. The zero-order valence-electron chi connectivity index (χ0n) is 11.3. The van der Waals surface area contributed by atoms with E-state index in [0.717, 1.165) is 0 Å². The van der Waals surface area contributed by atoms with Gasteiger partial charge in [-0.05, 0) is 28.5 Å². The molecule has 0 bridgehead atoms. The standard InChI is InChI=1S/C17H22/c1-12(2)15-9-16(13(3)4)11-17(10-15)14-7-5-6-8-14/h5-14H,1-4H3. The van der Waals surface area contributed by atoms with Crippen LogP contribution in [0.1, 0.15) is 62.1 Å². The Morgan fingerprint density at radius 1 is 0.765 bits per heavy atom. The van der Waals surface area contributed by atoms with Crippen molar-refractivity contribution < 1.29 is 0 Å². The fourth-order valence-corrected chi connectivity index (χ4v) is 2.22. The average molecular weight is 226 g/mol. The maximum Gasteiger partial charge on any atom is 0.0205 e. The number of hydrogen-bond acceptors (Lipinski definition) is 0. The fourth-order valence-electron chi connectivity index (χ4n) is 2.22. The molecule has 0 nitrogen and oxygen atoms in total. The highest BCUT2D eigenvalue weighted by molar-refractivity contribution is 5.41. The number of allylic oxidation sites excluding steroid dienone is 4. The monoisotopic (exact) mass is 226 g/mol. The molecule has 0 saturated carbocycles. The van der Waals surface area contributed by atoms with Gasteiger partial charge in [0.05, 0.1) is 0 Å². The molecule has 0 fully saturated rings. The van der Waals surface area contributed by atoms with Crippen molar-refractivity contribution >= 4 is 0 Å². The van der Waals surface area contributed by atoms with Crippen molar-refractivity contribution in [3.8, 4) is 0 Å². The minimum atomic E-state index is 0.478. The summed E-state index contributed by atoms with van der Waals surface area (Å²) in [6.45, 7) is 9.07. The van der Waals surface area contributed by atoms with Gasteiger partial charge in [0.1, 0.15) is 0 Å². The molecule has 90 valence electrons. The van der Waals surface area contributed by atoms with E-state index in [1.165, 1.54) is 16.7 Å². The second-order valence-electron chi connectivity index (χ2n) is 5.54. The van der Waals surface area contributed by atoms with E-state index in [1.54, 1.807) is 0 Å². The van der Waals surface area contributed by atoms with Crippen LogP contribution in [0.25, 0.3) is 0 Å². The van der Waals surface area contributed by atoms with Crippen LogP contribution in [0, 0.1) is 0 Å². The molecule has 0 heteroatoms. The predicted molar refractivity (Wildman–Crippen MR) is 75.6 cm³/mol. The second kappa shape index (κ2) is 4.91. The van der Waals surface area contributed by atoms with Crippen molar-refractivity contribution in [3.05, 3.63) is 59.2 Å². The highest BCUT2D eigenvalue weighted by Crippen LogP contribution is 2.30. The van der Waals surface area contributed by atoms with E-state index in [2.05, 4.69) is 70.2 Å². The Labute approximate surface area is 105 Å². The molecule has 0 aliphatic heterocycles. The quantitative estimate of drug-likeness (QED) is 0.669. The largest absolute Gasteiger partial charge is 0.0732 e. The summed E-state index contributed by atoms with van der Waals surface area (Å²) in [6, 6.07) is 7.09. The number of rotatable bonds is 3. The third-order valence-electron chi connectivity index (χ3n) is 3.47. The zero-order valence-corrected chi connectivity index (χ0v) is 11.3. The van der Waals surface area contributed by atoms with Crippen molar-refractivity contribution in [2.45, 2.75) is 45.4 Å². The van der Waals surface area contributed by atoms with Gasteiger partial charge in [-0.15, -0.1) is 0 Å². The van der Waals surface area contributed by atoms with Crippen molar-refractivity contribution in [1.82, 2.24) is 0 Å². The molecule has 0 spiro atoms. The van der Waals surface area contributed by atoms with Gasteiger partial charge in [-0.3, -0.25) is 0 Å². The van der Waals surface area contributed by atoms with E-state index in [1.807, 2.05) is 0 Å². The van der Waals surface area contributed by atoms with Crippen molar-refractivity contribution in [3.63, 3.8) is 0 Å². The molecule has 0 heterocycles. The first-order valence-electron chi connectivity index (χ1n) is 6.57. The Hall–Kier alpha value is -1.30. The fraction of sp³-hybridized carbons (Fsp3) is 0.412. The first-order chi connectivity index (χ1) is 8.08. The van der Waals surface area contributed by atoms with Gasteiger partial charge in [-0.25, -0.2) is 0 Å². The highest BCUT2D eigenvalue weighted by Gasteiger charge is 2.12. The van der Waals surface area contributed by atoms with E-state index >= 15 is 0 Å². The van der Waals surface area contributed by atoms with Gasteiger partial charge >= 0.3 is 0 Å². The van der Waals surface area contributed by atoms with Crippen LogP contribution in [0.4, 0.5) is 0 Å². The van der Waals surface area contributed by atoms with E-state index in [4.69, 9.17) is 0 Å². The van der Waals surface area contributed by atoms with Crippen LogP contribution in [-0.4, -0.2) is 0 Å². The van der Waals surface area contributed by atoms with Gasteiger partial charge in [0, 0.05) is 5.92 Å². The molecule has 0 unspecified atom stereocenters. The lowest BCUT2D eigenvalue weighted by molar-refractivity contribution is 0.826. The molecule has 0 saturated heterocycles. The summed E-state index contributed by atoms with van der Waals surface area (Å²) >= 11 is 0. The Morgan fingerprint density at radius 3 is 1.65 bits per heavy atom. The van der Waals surface area contributed by atoms with E-state index in [-0.39, 0.29) is 0 Å². The first kappa shape index (κ1) is 12.2. The van der Waals surface area contributed by atoms with Gasteiger partial charge in [-0.2, -0.15) is 0 Å². The van der Waals surface area contributed by atoms with Gasteiger partial charge < -0.3 is 0 Å². The Balaban J connectivity index is 2.44. The smallest absolute Gasteiger partial charge is 0.0205 e. The van der Waals surface area contributed by atoms with Crippen molar-refractivity contribution in [1.29, 1.82) is 0 Å². The summed E-state index contributed by atoms with van der Waals surface area (Å²) in [5.41, 5.74) is 4.35. The summed E-state index contributed by atoms with van der Waals surface area (Å²) in [6.07, 6.45) is 8.82. The van der Waals surface area contributed by atoms with Crippen LogP contribution in [0.3, 0.4) is 0 Å². The molecule has 2 rings (SSSR count). The summed E-state index contributed by atoms with van der Waals surface area (Å²) in [7, 11) is 0. The summed E-state index contributed by atoms with van der Waals surface area (Å²) in [5.74, 6) is 1.68. The highest BCUT2D eigenvalue weighted by atomic mass is 14.2. The molecule has 0 amide bonds. The third kappa shape index (κ3) is 2.69. The molecule has 1 aliphatic carbocycles. The molecule has 0 aromatic heterocycles. The Morgan fingerprint density at radius 2 is 1.24 bits per heavy atom. The van der Waals surface area contributed by atoms with Gasteiger partial charge in [0.15, 0.2) is 0 Å². The molecule has 1 aromatic rings. The maximum atomic E-state index is 2.36. The zero-order chi connectivity index (χ0) is 12.4. The van der Waals surface area contributed by atoms with Crippen molar-refractivity contribution in [2.24, 2.45) is 0 Å². The second-order valence-corrected chi connectivity index (χ2v) is 5.54. The third-order valence-corrected chi connectivity index (χ3v) is 3.47. The SMILES string of the molecule is CC(C)c1cc(C(C)C)cc(C2C=CC=C2)c1. The molecule has 0 N–H and O–H groups in total. The molecular formula is C17H22. The Kier molecular flexibility index (Phi) is 3.51. The average Bonchev–Trinajstić information content (AvgIpc) is 2.81. The van der Waals surface area contributed by atoms with Gasteiger partial charge in [0.25, 0.3) is 0 Å². The molecule has 17 heavy (non-hydrogen) atoms. The molecule has 1 aromatic carbocycles. The van der Waals surface area contributed by atoms with Crippen LogP contribution in [-0.2, 0) is 0 Å². The number of hydrogen-bond donors (Lipinski definition) is 0. The van der Waals surface area contributed by atoms with Crippen LogP contribution in [0.2, 0.25) is 0 Å². The van der Waals surface area contributed by atoms with E-state index in [0.29, 0.717) is 17.8 Å². The van der Waals surface area contributed by atoms with Crippen molar-refractivity contribution in [2.75, 3.05) is 0 Å². The lowest BCUT2D eigenvalue weighted by Crippen LogP contribution is -1.98. The molecule has 1 aliphatic rings. The van der Waals surface area contributed by atoms with E-state index in [9.17, 15) is 0 Å². The topological polar surface area (TPSA) is 0 Å². The molecular weight excluding hydrogens is 204 g/mol. The molecule has 0 atom stereocenters. The first-order valence-corrected chi connectivity index (χ1v) is 6.57. The lowest BCUT2D eigenvalue weighted by atomic mass is 9.89. The minimum Gasteiger partial charge on any atom is -0.0732 e. The number of benzene rings is 1. The lowest BCUT2D eigenvalue weighted by Gasteiger charge is -2.16.